The lowest BCUT2D eigenvalue weighted by molar-refractivity contribution is 0.0705. The van der Waals surface area contributed by atoms with Crippen LogP contribution in [0.15, 0.2) is 24.3 Å². The number of hydrogen-bond donors (Lipinski definition) is 0. The number of carbonyl (C=O) groups excluding carboxylic acids is 1. The maximum absolute atomic E-state index is 12.7. The monoisotopic (exact) mass is 338 g/mol. The Balaban J connectivity index is 2.15. The second-order valence-electron chi connectivity index (χ2n) is 5.73. The number of anilines is 1. The van der Waals surface area contributed by atoms with Crippen molar-refractivity contribution in [2.75, 3.05) is 26.0 Å². The molecule has 110 valence electrons. The van der Waals surface area contributed by atoms with Gasteiger partial charge in [0.1, 0.15) is 0 Å². The number of halogens is 1. The topological polar surface area (TPSA) is 23.6 Å². The molecule has 1 fully saturated rings. The summed E-state index contributed by atoms with van der Waals surface area (Å²) in [5, 5.41) is 0. The first kappa shape index (κ1) is 15.4. The summed E-state index contributed by atoms with van der Waals surface area (Å²) in [6.45, 7) is 0. The molecule has 1 aliphatic rings. The van der Waals surface area contributed by atoms with Crippen molar-refractivity contribution in [3.05, 3.63) is 29.8 Å². The molecule has 0 aliphatic heterocycles. The van der Waals surface area contributed by atoms with Crippen LogP contribution in [-0.4, -0.2) is 42.8 Å². The molecule has 2 rings (SSSR count). The molecule has 20 heavy (non-hydrogen) atoms. The minimum Gasteiger partial charge on any atom is -0.378 e. The lowest BCUT2D eigenvalue weighted by Gasteiger charge is -2.35. The summed E-state index contributed by atoms with van der Waals surface area (Å²) < 4.78 is 0. The first-order valence-electron chi connectivity index (χ1n) is 7.19. The summed E-state index contributed by atoms with van der Waals surface area (Å²) in [7, 11) is 5.90. The van der Waals surface area contributed by atoms with Gasteiger partial charge in [-0.15, -0.1) is 0 Å². The average molecular weight is 339 g/mol. The Hall–Kier alpha value is -1.03. The molecule has 1 aromatic rings. The molecule has 3 nitrogen and oxygen atoms in total. The highest BCUT2D eigenvalue weighted by Gasteiger charge is 2.29. The van der Waals surface area contributed by atoms with E-state index in [1.54, 1.807) is 0 Å². The molecule has 2 unspecified atom stereocenters. The van der Waals surface area contributed by atoms with E-state index in [2.05, 4.69) is 15.9 Å². The van der Waals surface area contributed by atoms with E-state index >= 15 is 0 Å². The third-order valence-corrected chi connectivity index (χ3v) is 5.14. The van der Waals surface area contributed by atoms with Crippen LogP contribution < -0.4 is 4.90 Å². The predicted octanol–water partition coefficient (Wildman–Crippen LogP) is 3.53. The zero-order valence-corrected chi connectivity index (χ0v) is 14.1. The van der Waals surface area contributed by atoms with Gasteiger partial charge in [-0.25, -0.2) is 0 Å². The molecule has 0 heterocycles. The van der Waals surface area contributed by atoms with Gasteiger partial charge in [0.2, 0.25) is 0 Å². The highest BCUT2D eigenvalue weighted by molar-refractivity contribution is 9.09. The van der Waals surface area contributed by atoms with Gasteiger partial charge in [0, 0.05) is 43.3 Å². The van der Waals surface area contributed by atoms with Crippen LogP contribution in [0.5, 0.6) is 0 Å². The molecule has 1 amide bonds. The van der Waals surface area contributed by atoms with Crippen LogP contribution in [0.1, 0.15) is 36.0 Å². The smallest absolute Gasteiger partial charge is 0.253 e. The fourth-order valence-electron chi connectivity index (χ4n) is 2.77. The fourth-order valence-corrected chi connectivity index (χ4v) is 3.72. The maximum atomic E-state index is 12.7. The van der Waals surface area contributed by atoms with Crippen molar-refractivity contribution < 1.29 is 4.79 Å². The highest BCUT2D eigenvalue weighted by atomic mass is 79.9. The largest absolute Gasteiger partial charge is 0.378 e. The predicted molar refractivity (Wildman–Crippen MR) is 87.8 cm³/mol. The number of alkyl halides is 1. The Morgan fingerprint density at radius 2 is 1.90 bits per heavy atom. The molecule has 1 aliphatic carbocycles. The highest BCUT2D eigenvalue weighted by Crippen LogP contribution is 2.29. The summed E-state index contributed by atoms with van der Waals surface area (Å²) >= 11 is 3.73. The molecule has 0 aromatic heterocycles. The van der Waals surface area contributed by atoms with E-state index in [-0.39, 0.29) is 5.91 Å². The molecular formula is C16H23BrN2O. The molecule has 0 N–H and O–H groups in total. The van der Waals surface area contributed by atoms with E-state index in [1.165, 1.54) is 12.8 Å². The molecule has 1 saturated carbocycles. The van der Waals surface area contributed by atoms with Crippen LogP contribution in [-0.2, 0) is 0 Å². The SMILES string of the molecule is CN(C)c1cccc(C(=O)N(C)C2CCCCC2Br)c1. The van der Waals surface area contributed by atoms with Crippen molar-refractivity contribution in [2.45, 2.75) is 36.6 Å². The normalized spacial score (nSPS) is 22.4. The van der Waals surface area contributed by atoms with Gasteiger partial charge < -0.3 is 9.80 Å². The molecular weight excluding hydrogens is 316 g/mol. The van der Waals surface area contributed by atoms with Gasteiger partial charge >= 0.3 is 0 Å². The van der Waals surface area contributed by atoms with Gasteiger partial charge in [-0.2, -0.15) is 0 Å². The summed E-state index contributed by atoms with van der Waals surface area (Å²) in [6.07, 6.45) is 4.71. The van der Waals surface area contributed by atoms with E-state index < -0.39 is 0 Å². The summed E-state index contributed by atoms with van der Waals surface area (Å²) in [6, 6.07) is 8.13. The van der Waals surface area contributed by atoms with Gasteiger partial charge in [0.15, 0.2) is 0 Å². The van der Waals surface area contributed by atoms with Crippen LogP contribution in [0.4, 0.5) is 5.69 Å². The summed E-state index contributed by atoms with van der Waals surface area (Å²) in [4.78, 5) is 17.0. The second kappa shape index (κ2) is 6.61. The first-order valence-corrected chi connectivity index (χ1v) is 8.11. The third-order valence-electron chi connectivity index (χ3n) is 4.07. The van der Waals surface area contributed by atoms with Crippen molar-refractivity contribution >= 4 is 27.5 Å². The van der Waals surface area contributed by atoms with Gasteiger partial charge in [-0.05, 0) is 31.0 Å². The number of nitrogens with zero attached hydrogens (tertiary/aromatic N) is 2. The Bertz CT molecular complexity index is 475. The standard InChI is InChI=1S/C16H23BrN2O/c1-18(2)13-8-6-7-12(11-13)16(20)19(3)15-10-5-4-9-14(15)17/h6-8,11,14-15H,4-5,9-10H2,1-3H3. The number of amides is 1. The number of rotatable bonds is 3. The second-order valence-corrected chi connectivity index (χ2v) is 6.90. The van der Waals surface area contributed by atoms with Crippen molar-refractivity contribution in [1.29, 1.82) is 0 Å². The van der Waals surface area contributed by atoms with Crippen LogP contribution >= 0.6 is 15.9 Å². The quantitative estimate of drug-likeness (QED) is 0.787. The van der Waals surface area contributed by atoms with Gasteiger partial charge in [-0.1, -0.05) is 34.8 Å². The Kier molecular flexibility index (Phi) is 5.08. The van der Waals surface area contributed by atoms with Crippen molar-refractivity contribution in [3.8, 4) is 0 Å². The molecule has 2 atom stereocenters. The average Bonchev–Trinajstić information content (AvgIpc) is 2.46. The lowest BCUT2D eigenvalue weighted by Crippen LogP contribution is -2.44. The van der Waals surface area contributed by atoms with Gasteiger partial charge in [0.05, 0.1) is 0 Å². The Labute approximate surface area is 130 Å². The first-order chi connectivity index (χ1) is 9.50. The zero-order valence-electron chi connectivity index (χ0n) is 12.5. The molecule has 0 bridgehead atoms. The number of benzene rings is 1. The zero-order chi connectivity index (χ0) is 14.7. The van der Waals surface area contributed by atoms with Crippen LogP contribution in [0.25, 0.3) is 0 Å². The number of hydrogen-bond acceptors (Lipinski definition) is 2. The van der Waals surface area contributed by atoms with E-state index in [0.29, 0.717) is 10.9 Å². The molecule has 0 radical (unpaired) electrons. The molecule has 0 spiro atoms. The molecule has 4 heteroatoms. The van der Waals surface area contributed by atoms with Crippen LogP contribution in [0.3, 0.4) is 0 Å². The van der Waals surface area contributed by atoms with E-state index in [9.17, 15) is 4.79 Å². The minimum absolute atomic E-state index is 0.116. The Morgan fingerprint density at radius 1 is 1.20 bits per heavy atom. The lowest BCUT2D eigenvalue weighted by atomic mass is 9.94. The van der Waals surface area contributed by atoms with Crippen molar-refractivity contribution in [2.24, 2.45) is 0 Å². The van der Waals surface area contributed by atoms with E-state index in [4.69, 9.17) is 0 Å². The Morgan fingerprint density at radius 3 is 2.55 bits per heavy atom. The van der Waals surface area contributed by atoms with E-state index in [0.717, 1.165) is 24.1 Å². The minimum atomic E-state index is 0.116. The summed E-state index contributed by atoms with van der Waals surface area (Å²) in [5.74, 6) is 0.116. The van der Waals surface area contributed by atoms with Gasteiger partial charge in [0.25, 0.3) is 5.91 Å². The molecule has 0 saturated heterocycles. The molecule has 1 aromatic carbocycles. The van der Waals surface area contributed by atoms with Crippen molar-refractivity contribution in [1.82, 2.24) is 4.90 Å². The fraction of sp³-hybridized carbons (Fsp3) is 0.562. The summed E-state index contributed by atoms with van der Waals surface area (Å²) in [5.41, 5.74) is 1.83. The van der Waals surface area contributed by atoms with Crippen molar-refractivity contribution in [3.63, 3.8) is 0 Å². The van der Waals surface area contributed by atoms with Gasteiger partial charge in [-0.3, -0.25) is 4.79 Å². The van der Waals surface area contributed by atoms with Crippen LogP contribution in [0.2, 0.25) is 0 Å². The third kappa shape index (κ3) is 3.35. The van der Waals surface area contributed by atoms with E-state index in [1.807, 2.05) is 55.2 Å². The number of carbonyl (C=O) groups is 1. The van der Waals surface area contributed by atoms with Crippen LogP contribution in [0, 0.1) is 0 Å². The maximum Gasteiger partial charge on any atom is 0.253 e.